The molecule has 0 spiro atoms. The summed E-state index contributed by atoms with van der Waals surface area (Å²) in [6.07, 6.45) is 1.09. The van der Waals surface area contributed by atoms with Gasteiger partial charge in [0.1, 0.15) is 0 Å². The van der Waals surface area contributed by atoms with Crippen LogP contribution in [-0.2, 0) is 4.79 Å². The van der Waals surface area contributed by atoms with Crippen LogP contribution in [0.1, 0.15) is 27.2 Å². The second kappa shape index (κ2) is 6.00. The highest BCUT2D eigenvalue weighted by Gasteiger charge is 2.20. The van der Waals surface area contributed by atoms with E-state index in [4.69, 9.17) is 0 Å². The maximum Gasteiger partial charge on any atom is 0.219 e. The lowest BCUT2D eigenvalue weighted by molar-refractivity contribution is -0.129. The van der Waals surface area contributed by atoms with Gasteiger partial charge in [-0.25, -0.2) is 0 Å². The van der Waals surface area contributed by atoms with Gasteiger partial charge in [-0.1, -0.05) is 13.8 Å². The molecule has 1 saturated heterocycles. The Kier molecular flexibility index (Phi) is 5.72. The van der Waals surface area contributed by atoms with Crippen LogP contribution in [0.2, 0.25) is 0 Å². The first-order chi connectivity index (χ1) is 5.72. The van der Waals surface area contributed by atoms with Crippen LogP contribution in [0.3, 0.4) is 0 Å². The van der Waals surface area contributed by atoms with Crippen molar-refractivity contribution in [3.63, 3.8) is 0 Å². The van der Waals surface area contributed by atoms with Crippen molar-refractivity contribution >= 4 is 5.91 Å². The Morgan fingerprint density at radius 1 is 1.50 bits per heavy atom. The van der Waals surface area contributed by atoms with E-state index in [-0.39, 0.29) is 5.91 Å². The molecule has 1 aliphatic rings. The van der Waals surface area contributed by atoms with Gasteiger partial charge in [-0.05, 0) is 13.0 Å². The van der Waals surface area contributed by atoms with E-state index in [1.54, 1.807) is 11.8 Å². The molecule has 0 saturated carbocycles. The molecule has 0 aromatic rings. The standard InChI is InChI=1S/C7H14N2O.C2H6/c1-6(10)9(2)7-3-4-8-5-7;1-2/h7-8H,3-5H2,1-2H3;1-2H3. The first kappa shape index (κ1) is 11.4. The van der Waals surface area contributed by atoms with E-state index in [0.29, 0.717) is 6.04 Å². The topological polar surface area (TPSA) is 32.3 Å². The van der Waals surface area contributed by atoms with Crippen LogP contribution in [0, 0.1) is 0 Å². The number of hydrogen-bond donors (Lipinski definition) is 1. The van der Waals surface area contributed by atoms with E-state index in [9.17, 15) is 4.79 Å². The molecule has 0 aromatic carbocycles. The van der Waals surface area contributed by atoms with Crippen molar-refractivity contribution in [1.29, 1.82) is 0 Å². The molecule has 0 bridgehead atoms. The summed E-state index contributed by atoms with van der Waals surface area (Å²) >= 11 is 0. The monoisotopic (exact) mass is 172 g/mol. The summed E-state index contributed by atoms with van der Waals surface area (Å²) in [6.45, 7) is 7.61. The first-order valence-electron chi connectivity index (χ1n) is 4.66. The molecular weight excluding hydrogens is 152 g/mol. The van der Waals surface area contributed by atoms with Crippen molar-refractivity contribution in [2.45, 2.75) is 33.2 Å². The summed E-state index contributed by atoms with van der Waals surface area (Å²) in [5, 5.41) is 3.21. The van der Waals surface area contributed by atoms with E-state index in [1.165, 1.54) is 0 Å². The number of rotatable bonds is 1. The third kappa shape index (κ3) is 3.22. The number of amides is 1. The predicted octanol–water partition coefficient (Wildman–Crippen LogP) is 0.853. The molecule has 1 heterocycles. The van der Waals surface area contributed by atoms with Crippen LogP contribution in [0.25, 0.3) is 0 Å². The Morgan fingerprint density at radius 3 is 2.42 bits per heavy atom. The minimum atomic E-state index is 0.161. The average molecular weight is 172 g/mol. The molecule has 1 fully saturated rings. The van der Waals surface area contributed by atoms with Gasteiger partial charge in [-0.3, -0.25) is 4.79 Å². The number of nitrogens with zero attached hydrogens (tertiary/aromatic N) is 1. The second-order valence-electron chi connectivity index (χ2n) is 2.78. The largest absolute Gasteiger partial charge is 0.342 e. The lowest BCUT2D eigenvalue weighted by atomic mass is 10.2. The van der Waals surface area contributed by atoms with Gasteiger partial charge in [-0.15, -0.1) is 0 Å². The van der Waals surface area contributed by atoms with Crippen molar-refractivity contribution in [2.75, 3.05) is 20.1 Å². The van der Waals surface area contributed by atoms with Crippen molar-refractivity contribution < 1.29 is 4.79 Å². The summed E-state index contributed by atoms with van der Waals surface area (Å²) in [4.78, 5) is 12.6. The first-order valence-corrected chi connectivity index (χ1v) is 4.66. The van der Waals surface area contributed by atoms with Crippen LogP contribution >= 0.6 is 0 Å². The Bertz CT molecular complexity index is 130. The summed E-state index contributed by atoms with van der Waals surface area (Å²) in [7, 11) is 1.86. The SMILES string of the molecule is CC.CC(=O)N(C)C1CCNC1. The van der Waals surface area contributed by atoms with Crippen LogP contribution in [-0.4, -0.2) is 37.0 Å². The van der Waals surface area contributed by atoms with Crippen LogP contribution in [0.4, 0.5) is 0 Å². The highest BCUT2D eigenvalue weighted by atomic mass is 16.2. The fourth-order valence-electron chi connectivity index (χ4n) is 1.23. The van der Waals surface area contributed by atoms with E-state index in [0.717, 1.165) is 19.5 Å². The lowest BCUT2D eigenvalue weighted by Gasteiger charge is -2.21. The second-order valence-corrected chi connectivity index (χ2v) is 2.78. The fourth-order valence-corrected chi connectivity index (χ4v) is 1.23. The van der Waals surface area contributed by atoms with Crippen molar-refractivity contribution in [1.82, 2.24) is 10.2 Å². The molecule has 1 N–H and O–H groups in total. The molecule has 0 aliphatic carbocycles. The van der Waals surface area contributed by atoms with Gasteiger partial charge in [0, 0.05) is 26.6 Å². The van der Waals surface area contributed by atoms with Crippen LogP contribution in [0.5, 0.6) is 0 Å². The Hall–Kier alpha value is -0.570. The minimum absolute atomic E-state index is 0.161. The number of hydrogen-bond acceptors (Lipinski definition) is 2. The van der Waals surface area contributed by atoms with E-state index in [1.807, 2.05) is 20.9 Å². The van der Waals surface area contributed by atoms with E-state index in [2.05, 4.69) is 5.32 Å². The summed E-state index contributed by atoms with van der Waals surface area (Å²) in [5.41, 5.74) is 0. The molecule has 0 aromatic heterocycles. The molecule has 1 atom stereocenters. The molecule has 72 valence electrons. The van der Waals surface area contributed by atoms with Crippen LogP contribution in [0.15, 0.2) is 0 Å². The smallest absolute Gasteiger partial charge is 0.219 e. The van der Waals surface area contributed by atoms with Gasteiger partial charge in [0.25, 0.3) is 0 Å². The van der Waals surface area contributed by atoms with Gasteiger partial charge in [0.15, 0.2) is 0 Å². The molecule has 1 unspecified atom stereocenters. The molecule has 0 radical (unpaired) electrons. The number of carbonyl (C=O) groups excluding carboxylic acids is 1. The zero-order valence-corrected chi connectivity index (χ0v) is 8.55. The molecule has 12 heavy (non-hydrogen) atoms. The van der Waals surface area contributed by atoms with Gasteiger partial charge in [-0.2, -0.15) is 0 Å². The number of nitrogens with one attached hydrogen (secondary N) is 1. The van der Waals surface area contributed by atoms with Crippen molar-refractivity contribution in [3.8, 4) is 0 Å². The van der Waals surface area contributed by atoms with Crippen molar-refractivity contribution in [3.05, 3.63) is 0 Å². The molecule has 3 nitrogen and oxygen atoms in total. The summed E-state index contributed by atoms with van der Waals surface area (Å²) in [5.74, 6) is 0.161. The zero-order chi connectivity index (χ0) is 9.56. The molecule has 1 rings (SSSR count). The highest BCUT2D eigenvalue weighted by Crippen LogP contribution is 2.05. The Labute approximate surface area is 75.1 Å². The average Bonchev–Trinajstić information content (AvgIpc) is 2.58. The maximum absolute atomic E-state index is 10.8. The van der Waals surface area contributed by atoms with Gasteiger partial charge < -0.3 is 10.2 Å². The number of likely N-dealkylation sites (N-methyl/N-ethyl adjacent to an activating group) is 1. The van der Waals surface area contributed by atoms with Gasteiger partial charge in [0.05, 0.1) is 0 Å². The third-order valence-electron chi connectivity index (χ3n) is 2.08. The lowest BCUT2D eigenvalue weighted by Crippen LogP contribution is -2.36. The Morgan fingerprint density at radius 2 is 2.08 bits per heavy atom. The molecule has 1 amide bonds. The van der Waals surface area contributed by atoms with Gasteiger partial charge >= 0.3 is 0 Å². The van der Waals surface area contributed by atoms with E-state index < -0.39 is 0 Å². The summed E-state index contributed by atoms with van der Waals surface area (Å²) < 4.78 is 0. The van der Waals surface area contributed by atoms with E-state index >= 15 is 0 Å². The molecule has 3 heteroatoms. The maximum atomic E-state index is 10.8. The van der Waals surface area contributed by atoms with Crippen LogP contribution < -0.4 is 5.32 Å². The molecule has 1 aliphatic heterocycles. The highest BCUT2D eigenvalue weighted by molar-refractivity contribution is 5.73. The number of carbonyl (C=O) groups is 1. The zero-order valence-electron chi connectivity index (χ0n) is 8.55. The third-order valence-corrected chi connectivity index (χ3v) is 2.08. The molecular formula is C9H20N2O. The van der Waals surface area contributed by atoms with Crippen molar-refractivity contribution in [2.24, 2.45) is 0 Å². The quantitative estimate of drug-likeness (QED) is 0.636. The Balaban J connectivity index is 0.000000561. The minimum Gasteiger partial charge on any atom is -0.342 e. The predicted molar refractivity (Wildman–Crippen MR) is 51.1 cm³/mol. The normalized spacial score (nSPS) is 21.2. The fraction of sp³-hybridized carbons (Fsp3) is 0.889. The van der Waals surface area contributed by atoms with Gasteiger partial charge in [0.2, 0.25) is 5.91 Å². The summed E-state index contributed by atoms with van der Waals surface area (Å²) in [6, 6.07) is 0.428.